The Morgan fingerprint density at radius 2 is 1.79 bits per heavy atom. The second-order valence-corrected chi connectivity index (χ2v) is 11.2. The van der Waals surface area contributed by atoms with Gasteiger partial charge in [0.1, 0.15) is 11.9 Å². The quantitative estimate of drug-likeness (QED) is 0.646. The first-order valence-electron chi connectivity index (χ1n) is 11.7. The molecule has 3 aliphatic heterocycles. The fourth-order valence-corrected chi connectivity index (χ4v) is 5.61. The summed E-state index contributed by atoms with van der Waals surface area (Å²) in [6.45, 7) is 3.95. The molecule has 0 saturated carbocycles. The van der Waals surface area contributed by atoms with Crippen LogP contribution in [0.3, 0.4) is 0 Å². The molecular formula is C22H29FN6O4S. The van der Waals surface area contributed by atoms with Crippen LogP contribution < -0.4 is 15.1 Å². The lowest BCUT2D eigenvalue weighted by Crippen LogP contribution is -2.47. The second kappa shape index (κ2) is 9.05. The first kappa shape index (κ1) is 22.9. The highest BCUT2D eigenvalue weighted by molar-refractivity contribution is 7.90. The van der Waals surface area contributed by atoms with E-state index in [1.807, 2.05) is 4.90 Å². The lowest BCUT2D eigenvalue weighted by atomic mass is 10.0. The van der Waals surface area contributed by atoms with Crippen molar-refractivity contribution in [2.75, 3.05) is 54.1 Å². The lowest BCUT2D eigenvalue weighted by molar-refractivity contribution is -0.130. The molecule has 1 unspecified atom stereocenters. The predicted octanol–water partition coefficient (Wildman–Crippen LogP) is 1.89. The minimum absolute atomic E-state index is 0.0547. The van der Waals surface area contributed by atoms with Crippen molar-refractivity contribution < 1.29 is 22.1 Å². The molecule has 1 N–H and O–H groups in total. The van der Waals surface area contributed by atoms with E-state index in [1.54, 1.807) is 0 Å². The predicted molar refractivity (Wildman–Crippen MR) is 124 cm³/mol. The second-order valence-electron chi connectivity index (χ2n) is 9.22. The van der Waals surface area contributed by atoms with E-state index in [2.05, 4.69) is 25.3 Å². The fraction of sp³-hybridized carbons (Fsp3) is 0.591. The summed E-state index contributed by atoms with van der Waals surface area (Å²) in [6.07, 6.45) is 5.47. The molecular weight excluding hydrogens is 463 g/mol. The number of aromatic nitrogens is 2. The van der Waals surface area contributed by atoms with Crippen LogP contribution in [0, 0.1) is 5.82 Å². The average Bonchev–Trinajstić information content (AvgIpc) is 3.56. The van der Waals surface area contributed by atoms with Gasteiger partial charge in [-0.3, -0.25) is 4.79 Å². The molecule has 34 heavy (non-hydrogen) atoms. The molecule has 2 aromatic rings. The molecule has 1 amide bonds. The van der Waals surface area contributed by atoms with E-state index in [9.17, 15) is 17.6 Å². The van der Waals surface area contributed by atoms with Crippen molar-refractivity contribution in [3.8, 4) is 0 Å². The fourth-order valence-electron chi connectivity index (χ4n) is 4.98. The van der Waals surface area contributed by atoms with Crippen molar-refractivity contribution in [2.24, 2.45) is 0 Å². The summed E-state index contributed by atoms with van der Waals surface area (Å²) in [5.74, 6) is -0.141. The van der Waals surface area contributed by atoms with Gasteiger partial charge >= 0.3 is 6.01 Å². The molecule has 3 saturated heterocycles. The minimum Gasteiger partial charge on any atom is -0.371 e. The molecule has 1 atom stereocenters. The summed E-state index contributed by atoms with van der Waals surface area (Å²) < 4.78 is 43.1. The molecule has 0 radical (unpaired) electrons. The molecule has 0 aliphatic carbocycles. The monoisotopic (exact) mass is 492 g/mol. The Kier molecular flexibility index (Phi) is 6.09. The number of anilines is 3. The number of rotatable bonds is 6. The number of hydrogen-bond acceptors (Lipinski definition) is 9. The van der Waals surface area contributed by atoms with Crippen molar-refractivity contribution in [3.05, 3.63) is 24.0 Å². The Morgan fingerprint density at radius 1 is 1.06 bits per heavy atom. The first-order valence-corrected chi connectivity index (χ1v) is 13.6. The number of hydrogen-bond donors (Lipinski definition) is 1. The summed E-state index contributed by atoms with van der Waals surface area (Å²) in [7, 11) is -3.50. The van der Waals surface area contributed by atoms with Gasteiger partial charge in [-0.05, 0) is 55.5 Å². The number of amides is 1. The van der Waals surface area contributed by atoms with E-state index in [-0.39, 0.29) is 22.5 Å². The van der Waals surface area contributed by atoms with Crippen LogP contribution in [-0.4, -0.2) is 80.4 Å². The van der Waals surface area contributed by atoms with Crippen LogP contribution in [-0.2, 0) is 14.6 Å². The highest BCUT2D eigenvalue weighted by Gasteiger charge is 2.38. The van der Waals surface area contributed by atoms with Gasteiger partial charge in [0, 0.05) is 45.0 Å². The summed E-state index contributed by atoms with van der Waals surface area (Å²) in [4.78, 5) is 23.6. The van der Waals surface area contributed by atoms with E-state index in [0.29, 0.717) is 24.9 Å². The molecule has 1 aromatic carbocycles. The van der Waals surface area contributed by atoms with Gasteiger partial charge in [-0.1, -0.05) is 0 Å². The van der Waals surface area contributed by atoms with Gasteiger partial charge in [-0.25, -0.2) is 12.8 Å². The molecule has 3 aliphatic rings. The molecule has 4 heterocycles. The standard InChI is InChI=1S/C22H29FN6O4S/c1-34(31,32)16-4-5-18(17(23)14-16)24-19-8-13-29(20(19)30)15-6-11-27(12-7-15)21-25-22(33-26-21)28-9-2-3-10-28/h4-5,14-15,19,24H,2-3,6-13H2,1H3. The third-order valence-corrected chi connectivity index (χ3v) is 8.02. The SMILES string of the molecule is CS(=O)(=O)c1ccc(NC2CCN(C3CCN(c4noc(N5CCCC5)n4)CC3)C2=O)c(F)c1. The largest absolute Gasteiger partial charge is 0.371 e. The van der Waals surface area contributed by atoms with Gasteiger partial charge in [0.25, 0.3) is 5.95 Å². The Bertz CT molecular complexity index is 1160. The van der Waals surface area contributed by atoms with Crippen LogP contribution in [0.4, 0.5) is 22.0 Å². The molecule has 12 heteroatoms. The van der Waals surface area contributed by atoms with E-state index in [0.717, 1.165) is 64.2 Å². The van der Waals surface area contributed by atoms with E-state index in [4.69, 9.17) is 4.52 Å². The summed E-state index contributed by atoms with van der Waals surface area (Å²) in [5, 5.41) is 7.11. The van der Waals surface area contributed by atoms with Crippen molar-refractivity contribution in [3.63, 3.8) is 0 Å². The van der Waals surface area contributed by atoms with Crippen LogP contribution in [0.25, 0.3) is 0 Å². The van der Waals surface area contributed by atoms with Gasteiger partial charge < -0.3 is 24.5 Å². The number of carbonyl (C=O) groups is 1. The summed E-state index contributed by atoms with van der Waals surface area (Å²) in [6, 6.07) is 3.87. The van der Waals surface area contributed by atoms with E-state index < -0.39 is 21.7 Å². The van der Waals surface area contributed by atoms with Gasteiger partial charge in [0.15, 0.2) is 9.84 Å². The van der Waals surface area contributed by atoms with Crippen LogP contribution in [0.15, 0.2) is 27.6 Å². The van der Waals surface area contributed by atoms with E-state index in [1.165, 1.54) is 12.1 Å². The smallest absolute Gasteiger partial charge is 0.325 e. The topological polar surface area (TPSA) is 112 Å². The summed E-state index contributed by atoms with van der Waals surface area (Å²) >= 11 is 0. The molecule has 5 rings (SSSR count). The maximum Gasteiger partial charge on any atom is 0.325 e. The highest BCUT2D eigenvalue weighted by atomic mass is 32.2. The zero-order chi connectivity index (χ0) is 23.9. The third kappa shape index (κ3) is 4.55. The maximum atomic E-state index is 14.4. The normalized spacial score (nSPS) is 22.1. The lowest BCUT2D eigenvalue weighted by Gasteiger charge is -2.36. The van der Waals surface area contributed by atoms with Crippen molar-refractivity contribution in [1.82, 2.24) is 15.0 Å². The third-order valence-electron chi connectivity index (χ3n) is 6.91. The molecule has 10 nitrogen and oxygen atoms in total. The summed E-state index contributed by atoms with van der Waals surface area (Å²) in [5.41, 5.74) is 0.133. The Labute approximate surface area is 198 Å². The molecule has 3 fully saturated rings. The number of halogens is 1. The van der Waals surface area contributed by atoms with Gasteiger partial charge in [-0.2, -0.15) is 4.98 Å². The van der Waals surface area contributed by atoms with Crippen LogP contribution in [0.5, 0.6) is 0 Å². The zero-order valence-electron chi connectivity index (χ0n) is 19.1. The number of carbonyl (C=O) groups excluding carboxylic acids is 1. The average molecular weight is 493 g/mol. The van der Waals surface area contributed by atoms with Crippen LogP contribution in [0.1, 0.15) is 32.1 Å². The molecule has 1 aromatic heterocycles. The van der Waals surface area contributed by atoms with Gasteiger partial charge in [0.2, 0.25) is 5.91 Å². The van der Waals surface area contributed by atoms with Crippen LogP contribution in [0.2, 0.25) is 0 Å². The number of benzene rings is 1. The maximum absolute atomic E-state index is 14.4. The molecule has 0 spiro atoms. The van der Waals surface area contributed by atoms with Crippen LogP contribution >= 0.6 is 0 Å². The first-order chi connectivity index (χ1) is 16.3. The number of nitrogens with zero attached hydrogens (tertiary/aromatic N) is 5. The molecule has 184 valence electrons. The minimum atomic E-state index is -3.50. The number of sulfone groups is 1. The number of nitrogens with one attached hydrogen (secondary N) is 1. The number of likely N-dealkylation sites (tertiary alicyclic amines) is 1. The van der Waals surface area contributed by atoms with Crippen molar-refractivity contribution >= 4 is 33.4 Å². The van der Waals surface area contributed by atoms with E-state index >= 15 is 0 Å². The van der Waals surface area contributed by atoms with Crippen molar-refractivity contribution in [2.45, 2.75) is 49.1 Å². The molecule has 0 bridgehead atoms. The Balaban J connectivity index is 1.16. The van der Waals surface area contributed by atoms with Gasteiger partial charge in [0.05, 0.1) is 10.6 Å². The van der Waals surface area contributed by atoms with Gasteiger partial charge in [-0.15, -0.1) is 0 Å². The highest BCUT2D eigenvalue weighted by Crippen LogP contribution is 2.28. The van der Waals surface area contributed by atoms with Crippen molar-refractivity contribution in [1.29, 1.82) is 0 Å². The zero-order valence-corrected chi connectivity index (χ0v) is 19.9. The Hall–Kier alpha value is -2.89. The number of piperidine rings is 1. The Morgan fingerprint density at radius 3 is 2.47 bits per heavy atom.